The lowest BCUT2D eigenvalue weighted by molar-refractivity contribution is 0.0376. The predicted octanol–water partition coefficient (Wildman–Crippen LogP) is 5.26. The molecule has 36 heavy (non-hydrogen) atoms. The SMILES string of the molecule is COc1ccc2nc(N(CCCN3CCOCC3)C(=O)c3ccc(Cc4ccccc4)cc3)sc2c1. The number of carbonyl (C=O) groups excluding carboxylic acids is 1. The van der Waals surface area contributed by atoms with Gasteiger partial charge in [0.1, 0.15) is 5.75 Å². The number of benzene rings is 3. The molecule has 0 aliphatic carbocycles. The molecule has 0 atom stereocenters. The number of aromatic nitrogens is 1. The van der Waals surface area contributed by atoms with Crippen LogP contribution in [0.3, 0.4) is 0 Å². The van der Waals surface area contributed by atoms with Gasteiger partial charge in [-0.2, -0.15) is 0 Å². The maximum absolute atomic E-state index is 13.7. The van der Waals surface area contributed by atoms with E-state index in [0.29, 0.717) is 12.1 Å². The molecule has 2 heterocycles. The van der Waals surface area contributed by atoms with Crippen LogP contribution in [0.2, 0.25) is 0 Å². The standard InChI is InChI=1S/C29H31N3O3S/c1-34-25-12-13-26-27(21-25)36-29(30-26)32(15-5-14-31-16-18-35-19-17-31)28(33)24-10-8-23(9-11-24)20-22-6-3-2-4-7-22/h2-4,6-13,21H,5,14-20H2,1H3. The Balaban J connectivity index is 1.35. The van der Waals surface area contributed by atoms with Crippen LogP contribution in [0.1, 0.15) is 27.9 Å². The molecule has 186 valence electrons. The number of morpholine rings is 1. The van der Waals surface area contributed by atoms with Crippen LogP contribution in [0.5, 0.6) is 5.75 Å². The van der Waals surface area contributed by atoms with E-state index in [0.717, 1.165) is 66.8 Å². The van der Waals surface area contributed by atoms with Crippen LogP contribution in [0.4, 0.5) is 5.13 Å². The lowest BCUT2D eigenvalue weighted by Gasteiger charge is -2.27. The smallest absolute Gasteiger partial charge is 0.260 e. The summed E-state index contributed by atoms with van der Waals surface area (Å²) in [7, 11) is 1.66. The lowest BCUT2D eigenvalue weighted by atomic mass is 10.0. The molecule has 5 rings (SSSR count). The summed E-state index contributed by atoms with van der Waals surface area (Å²) in [5, 5.41) is 0.721. The van der Waals surface area contributed by atoms with E-state index in [2.05, 4.69) is 41.3 Å². The van der Waals surface area contributed by atoms with Crippen LogP contribution < -0.4 is 9.64 Å². The number of hydrogen-bond donors (Lipinski definition) is 0. The minimum absolute atomic E-state index is 0.0192. The number of thiazole rings is 1. The Labute approximate surface area is 216 Å². The zero-order chi connectivity index (χ0) is 24.7. The molecule has 1 fully saturated rings. The Morgan fingerprint density at radius 2 is 1.78 bits per heavy atom. The third kappa shape index (κ3) is 5.93. The summed E-state index contributed by atoms with van der Waals surface area (Å²) in [6, 6.07) is 24.2. The lowest BCUT2D eigenvalue weighted by Crippen LogP contribution is -2.39. The monoisotopic (exact) mass is 501 g/mol. The molecule has 1 aliphatic heterocycles. The number of hydrogen-bond acceptors (Lipinski definition) is 6. The molecule has 6 nitrogen and oxygen atoms in total. The number of ether oxygens (including phenoxy) is 2. The fourth-order valence-corrected chi connectivity index (χ4v) is 5.47. The van der Waals surface area contributed by atoms with E-state index < -0.39 is 0 Å². The maximum atomic E-state index is 13.7. The zero-order valence-corrected chi connectivity index (χ0v) is 21.4. The van der Waals surface area contributed by atoms with E-state index in [-0.39, 0.29) is 5.91 Å². The van der Waals surface area contributed by atoms with Gasteiger partial charge in [-0.3, -0.25) is 14.6 Å². The first kappa shape index (κ1) is 24.4. The van der Waals surface area contributed by atoms with Gasteiger partial charge in [0.15, 0.2) is 5.13 Å². The fourth-order valence-electron chi connectivity index (χ4n) is 4.45. The minimum atomic E-state index is -0.0192. The Hall–Kier alpha value is -3.26. The quantitative estimate of drug-likeness (QED) is 0.313. The molecule has 0 spiro atoms. The minimum Gasteiger partial charge on any atom is -0.497 e. The van der Waals surface area contributed by atoms with Crippen molar-refractivity contribution in [3.8, 4) is 5.75 Å². The molecule has 1 saturated heterocycles. The number of amides is 1. The van der Waals surface area contributed by atoms with Gasteiger partial charge < -0.3 is 9.47 Å². The molecule has 4 aromatic rings. The van der Waals surface area contributed by atoms with Gasteiger partial charge in [-0.1, -0.05) is 53.8 Å². The van der Waals surface area contributed by atoms with Gasteiger partial charge in [-0.05, 0) is 54.3 Å². The van der Waals surface area contributed by atoms with E-state index in [1.165, 1.54) is 22.5 Å². The highest BCUT2D eigenvalue weighted by atomic mass is 32.1. The van der Waals surface area contributed by atoms with Crippen molar-refractivity contribution in [2.45, 2.75) is 12.8 Å². The third-order valence-corrected chi connectivity index (χ3v) is 7.51. The van der Waals surface area contributed by atoms with Crippen molar-refractivity contribution in [2.24, 2.45) is 0 Å². The van der Waals surface area contributed by atoms with Crippen LogP contribution in [0.25, 0.3) is 10.2 Å². The average molecular weight is 502 g/mol. The molecule has 1 aromatic heterocycles. The molecule has 0 N–H and O–H groups in total. The van der Waals surface area contributed by atoms with Crippen molar-refractivity contribution in [2.75, 3.05) is 51.4 Å². The van der Waals surface area contributed by atoms with Gasteiger partial charge in [0.25, 0.3) is 5.91 Å². The Morgan fingerprint density at radius 3 is 2.53 bits per heavy atom. The summed E-state index contributed by atoms with van der Waals surface area (Å²) >= 11 is 1.53. The summed E-state index contributed by atoms with van der Waals surface area (Å²) in [4.78, 5) is 22.8. The first-order chi connectivity index (χ1) is 17.7. The van der Waals surface area contributed by atoms with Gasteiger partial charge >= 0.3 is 0 Å². The summed E-state index contributed by atoms with van der Waals surface area (Å²) in [6.07, 6.45) is 1.72. The molecule has 0 radical (unpaired) electrons. The summed E-state index contributed by atoms with van der Waals surface area (Å²) in [5.74, 6) is 0.770. The third-order valence-electron chi connectivity index (χ3n) is 6.47. The Kier molecular flexibility index (Phi) is 7.91. The van der Waals surface area contributed by atoms with Gasteiger partial charge in [0.2, 0.25) is 0 Å². The zero-order valence-electron chi connectivity index (χ0n) is 20.6. The van der Waals surface area contributed by atoms with Crippen LogP contribution in [0, 0.1) is 0 Å². The van der Waals surface area contributed by atoms with Gasteiger partial charge in [-0.15, -0.1) is 0 Å². The number of methoxy groups -OCH3 is 1. The van der Waals surface area contributed by atoms with E-state index >= 15 is 0 Å². The van der Waals surface area contributed by atoms with Gasteiger partial charge in [-0.25, -0.2) is 4.98 Å². The summed E-state index contributed by atoms with van der Waals surface area (Å²) in [5.41, 5.74) is 3.99. The first-order valence-corrected chi connectivity index (χ1v) is 13.2. The fraction of sp³-hybridized carbons (Fsp3) is 0.310. The van der Waals surface area contributed by atoms with Crippen molar-refractivity contribution in [1.82, 2.24) is 9.88 Å². The molecule has 7 heteroatoms. The predicted molar refractivity (Wildman–Crippen MR) is 145 cm³/mol. The molecule has 1 amide bonds. The molecule has 3 aromatic carbocycles. The van der Waals surface area contributed by atoms with E-state index in [4.69, 9.17) is 14.5 Å². The molecule has 0 saturated carbocycles. The highest BCUT2D eigenvalue weighted by Crippen LogP contribution is 2.32. The second-order valence-corrected chi connectivity index (χ2v) is 9.96. The number of rotatable bonds is 9. The van der Waals surface area contributed by atoms with E-state index in [9.17, 15) is 4.79 Å². The molecule has 1 aliphatic rings. The van der Waals surface area contributed by atoms with Crippen molar-refractivity contribution >= 4 is 32.6 Å². The highest BCUT2D eigenvalue weighted by Gasteiger charge is 2.22. The normalized spacial score (nSPS) is 14.1. The summed E-state index contributed by atoms with van der Waals surface area (Å²) < 4.78 is 11.9. The maximum Gasteiger partial charge on any atom is 0.260 e. The number of fused-ring (bicyclic) bond motifs is 1. The average Bonchev–Trinajstić information content (AvgIpc) is 3.35. The van der Waals surface area contributed by atoms with E-state index in [1.807, 2.05) is 41.3 Å². The van der Waals surface area contributed by atoms with Crippen LogP contribution in [-0.4, -0.2) is 62.3 Å². The second kappa shape index (κ2) is 11.6. The van der Waals surface area contributed by atoms with Crippen LogP contribution in [0.15, 0.2) is 72.8 Å². The van der Waals surface area contributed by atoms with Crippen molar-refractivity contribution < 1.29 is 14.3 Å². The van der Waals surface area contributed by atoms with Crippen molar-refractivity contribution in [3.63, 3.8) is 0 Å². The number of carbonyl (C=O) groups is 1. The van der Waals surface area contributed by atoms with Crippen molar-refractivity contribution in [3.05, 3.63) is 89.5 Å². The molecule has 0 bridgehead atoms. The van der Waals surface area contributed by atoms with Crippen molar-refractivity contribution in [1.29, 1.82) is 0 Å². The molecular formula is C29H31N3O3S. The first-order valence-electron chi connectivity index (χ1n) is 12.4. The second-order valence-electron chi connectivity index (χ2n) is 8.95. The highest BCUT2D eigenvalue weighted by molar-refractivity contribution is 7.22. The van der Waals surface area contributed by atoms with E-state index in [1.54, 1.807) is 7.11 Å². The largest absolute Gasteiger partial charge is 0.497 e. The Bertz CT molecular complexity index is 1280. The van der Waals surface area contributed by atoms with Crippen LogP contribution in [-0.2, 0) is 11.2 Å². The Morgan fingerprint density at radius 1 is 1.03 bits per heavy atom. The number of nitrogens with zero attached hydrogens (tertiary/aromatic N) is 3. The number of anilines is 1. The van der Waals surface area contributed by atoms with Gasteiger partial charge in [0.05, 0.1) is 30.5 Å². The van der Waals surface area contributed by atoms with Gasteiger partial charge in [0, 0.05) is 31.7 Å². The molecule has 0 unspecified atom stereocenters. The van der Waals surface area contributed by atoms with Crippen LogP contribution >= 0.6 is 11.3 Å². The topological polar surface area (TPSA) is 54.9 Å². The summed E-state index contributed by atoms with van der Waals surface area (Å²) in [6.45, 7) is 4.98. The molecular weight excluding hydrogens is 470 g/mol.